The maximum absolute atomic E-state index is 13.1. The number of guanidine groups is 1. The van der Waals surface area contributed by atoms with Crippen LogP contribution in [0.25, 0.3) is 0 Å². The number of pyridine rings is 1. The number of thioether (sulfide) groups is 1. The molecule has 0 saturated heterocycles. The van der Waals surface area contributed by atoms with Crippen molar-refractivity contribution < 1.29 is 13.2 Å². The lowest BCUT2D eigenvalue weighted by Gasteiger charge is -2.16. The molecular formula is C23H24N6O4S2. The lowest BCUT2D eigenvalue weighted by atomic mass is 10.2. The molecule has 35 heavy (non-hydrogen) atoms. The first-order chi connectivity index (χ1) is 16.7. The fourth-order valence-electron chi connectivity index (χ4n) is 3.60. The molecule has 0 spiro atoms. The molecule has 12 heteroatoms. The van der Waals surface area contributed by atoms with Gasteiger partial charge in [0, 0.05) is 12.3 Å². The summed E-state index contributed by atoms with van der Waals surface area (Å²) in [5.74, 6) is -0.285. The summed E-state index contributed by atoms with van der Waals surface area (Å²) in [6, 6.07) is 18.0. The molecule has 4 rings (SSSR count). The molecule has 1 amide bonds. The maximum Gasteiger partial charge on any atom is 0.276 e. The minimum absolute atomic E-state index is 0.0457. The predicted molar refractivity (Wildman–Crippen MR) is 137 cm³/mol. The highest BCUT2D eigenvalue weighted by atomic mass is 32.2. The van der Waals surface area contributed by atoms with Crippen molar-refractivity contribution >= 4 is 45.0 Å². The van der Waals surface area contributed by atoms with Crippen LogP contribution in [0.3, 0.4) is 0 Å². The first-order valence-electron chi connectivity index (χ1n) is 10.6. The van der Waals surface area contributed by atoms with E-state index >= 15 is 0 Å². The standard InChI is InChI=1S/C23H24N6O4S2/c24-23(25)27-17-8-6-15(7-9-17)12-26-21(30)19-13-34-20-11-10-18(22(31)29(19)20)28-35(32,33)14-16-4-2-1-3-5-16/h1-11,19,28H,12-14H2,(H,26,30)(H4,24,25,27). The number of aromatic nitrogens is 1. The van der Waals surface area contributed by atoms with Crippen LogP contribution < -0.4 is 27.1 Å². The van der Waals surface area contributed by atoms with Gasteiger partial charge in [-0.05, 0) is 35.4 Å². The number of aliphatic imine (C=N–C) groups is 1. The Morgan fingerprint density at radius 3 is 2.43 bits per heavy atom. The first kappa shape index (κ1) is 24.4. The van der Waals surface area contributed by atoms with Crippen LogP contribution in [0.2, 0.25) is 0 Å². The Kier molecular flexibility index (Phi) is 7.12. The fourth-order valence-corrected chi connectivity index (χ4v) is 5.94. The molecule has 10 nitrogen and oxygen atoms in total. The number of nitrogens with two attached hydrogens (primary N) is 2. The number of carbonyl (C=O) groups excluding carboxylic acids is 1. The minimum Gasteiger partial charge on any atom is -0.370 e. The molecule has 0 aliphatic carbocycles. The van der Waals surface area contributed by atoms with Crippen molar-refractivity contribution in [1.29, 1.82) is 0 Å². The molecule has 0 fully saturated rings. The van der Waals surface area contributed by atoms with Gasteiger partial charge in [0.25, 0.3) is 5.56 Å². The fraction of sp³-hybridized carbons (Fsp3) is 0.174. The summed E-state index contributed by atoms with van der Waals surface area (Å²) in [5, 5.41) is 3.43. The van der Waals surface area contributed by atoms with Crippen molar-refractivity contribution in [3.05, 3.63) is 88.2 Å². The molecule has 1 aromatic heterocycles. The zero-order valence-corrected chi connectivity index (χ0v) is 20.2. The highest BCUT2D eigenvalue weighted by Crippen LogP contribution is 2.32. The van der Waals surface area contributed by atoms with E-state index in [1.54, 1.807) is 60.7 Å². The van der Waals surface area contributed by atoms with Crippen LogP contribution in [-0.4, -0.2) is 30.6 Å². The summed E-state index contributed by atoms with van der Waals surface area (Å²) >= 11 is 1.36. The Labute approximate surface area is 206 Å². The number of benzene rings is 2. The van der Waals surface area contributed by atoms with E-state index in [4.69, 9.17) is 11.5 Å². The molecule has 1 aliphatic heterocycles. The van der Waals surface area contributed by atoms with Crippen molar-refractivity contribution in [3.63, 3.8) is 0 Å². The van der Waals surface area contributed by atoms with Crippen molar-refractivity contribution in [2.75, 3.05) is 10.5 Å². The smallest absolute Gasteiger partial charge is 0.276 e. The van der Waals surface area contributed by atoms with E-state index in [1.165, 1.54) is 22.4 Å². The summed E-state index contributed by atoms with van der Waals surface area (Å²) in [7, 11) is -3.82. The summed E-state index contributed by atoms with van der Waals surface area (Å²) in [6.07, 6.45) is 0. The lowest BCUT2D eigenvalue weighted by molar-refractivity contribution is -0.124. The minimum atomic E-state index is -3.82. The van der Waals surface area contributed by atoms with Gasteiger partial charge in [-0.15, -0.1) is 11.8 Å². The van der Waals surface area contributed by atoms with Gasteiger partial charge in [0.05, 0.1) is 16.5 Å². The van der Waals surface area contributed by atoms with Crippen molar-refractivity contribution in [1.82, 2.24) is 9.88 Å². The Hall–Kier alpha value is -3.77. The quantitative estimate of drug-likeness (QED) is 0.263. The van der Waals surface area contributed by atoms with E-state index in [1.807, 2.05) is 0 Å². The zero-order chi connectivity index (χ0) is 25.0. The maximum atomic E-state index is 13.1. The molecule has 1 unspecified atom stereocenters. The number of anilines is 1. The molecule has 6 N–H and O–H groups in total. The summed E-state index contributed by atoms with van der Waals surface area (Å²) in [4.78, 5) is 30.0. The molecule has 0 bridgehead atoms. The monoisotopic (exact) mass is 512 g/mol. The third-order valence-electron chi connectivity index (χ3n) is 5.21. The number of carbonyl (C=O) groups is 1. The first-order valence-corrected chi connectivity index (χ1v) is 13.2. The van der Waals surface area contributed by atoms with Gasteiger partial charge in [-0.1, -0.05) is 42.5 Å². The molecule has 2 aromatic carbocycles. The number of nitrogens with one attached hydrogen (secondary N) is 2. The van der Waals surface area contributed by atoms with Crippen LogP contribution in [0.15, 0.2) is 81.5 Å². The molecule has 1 atom stereocenters. The van der Waals surface area contributed by atoms with Crippen LogP contribution in [0, 0.1) is 0 Å². The average Bonchev–Trinajstić information content (AvgIpc) is 3.25. The van der Waals surface area contributed by atoms with E-state index in [0.717, 1.165) is 5.56 Å². The molecule has 2 heterocycles. The largest absolute Gasteiger partial charge is 0.370 e. The SMILES string of the molecule is NC(N)=Nc1ccc(CNC(=O)C2CSc3ccc(NS(=O)(=O)Cc4ccccc4)c(=O)n32)cc1. The van der Waals surface area contributed by atoms with Gasteiger partial charge in [-0.25, -0.2) is 13.4 Å². The van der Waals surface area contributed by atoms with Crippen LogP contribution in [-0.2, 0) is 27.1 Å². The van der Waals surface area contributed by atoms with Gasteiger partial charge in [-0.3, -0.25) is 18.9 Å². The van der Waals surface area contributed by atoms with Crippen molar-refractivity contribution in [2.45, 2.75) is 23.4 Å². The van der Waals surface area contributed by atoms with Gasteiger partial charge in [0.2, 0.25) is 15.9 Å². The summed E-state index contributed by atoms with van der Waals surface area (Å²) < 4.78 is 28.9. The van der Waals surface area contributed by atoms with E-state index in [0.29, 0.717) is 22.0 Å². The van der Waals surface area contributed by atoms with Gasteiger partial charge in [-0.2, -0.15) is 0 Å². The second-order valence-electron chi connectivity index (χ2n) is 7.85. The van der Waals surface area contributed by atoms with Crippen LogP contribution in [0.4, 0.5) is 11.4 Å². The Morgan fingerprint density at radius 1 is 1.03 bits per heavy atom. The molecular weight excluding hydrogens is 488 g/mol. The summed E-state index contributed by atoms with van der Waals surface area (Å²) in [6.45, 7) is 0.246. The number of sulfonamides is 1. The Bertz CT molecular complexity index is 1420. The van der Waals surface area contributed by atoms with Gasteiger partial charge in [0.15, 0.2) is 5.96 Å². The topological polar surface area (TPSA) is 162 Å². The van der Waals surface area contributed by atoms with Crippen molar-refractivity contribution in [3.8, 4) is 0 Å². The van der Waals surface area contributed by atoms with E-state index in [9.17, 15) is 18.0 Å². The number of hydrogen-bond donors (Lipinski definition) is 4. The molecule has 0 saturated carbocycles. The lowest BCUT2D eigenvalue weighted by Crippen LogP contribution is -2.37. The van der Waals surface area contributed by atoms with E-state index < -0.39 is 21.6 Å². The van der Waals surface area contributed by atoms with E-state index in [2.05, 4.69) is 15.0 Å². The number of hydrogen-bond acceptors (Lipinski definition) is 6. The molecule has 1 aliphatic rings. The number of nitrogens with zero attached hydrogens (tertiary/aromatic N) is 2. The van der Waals surface area contributed by atoms with Crippen LogP contribution >= 0.6 is 11.8 Å². The molecule has 0 radical (unpaired) electrons. The zero-order valence-electron chi connectivity index (χ0n) is 18.5. The van der Waals surface area contributed by atoms with Crippen molar-refractivity contribution in [2.24, 2.45) is 16.5 Å². The van der Waals surface area contributed by atoms with Crippen LogP contribution in [0.5, 0.6) is 0 Å². The second kappa shape index (κ2) is 10.2. The normalized spacial score (nSPS) is 14.7. The average molecular weight is 513 g/mol. The third kappa shape index (κ3) is 6.03. The van der Waals surface area contributed by atoms with Gasteiger partial charge < -0.3 is 16.8 Å². The molecule has 3 aromatic rings. The number of rotatable bonds is 8. The van der Waals surface area contributed by atoms with Gasteiger partial charge >= 0.3 is 0 Å². The van der Waals surface area contributed by atoms with Gasteiger partial charge in [0.1, 0.15) is 11.7 Å². The van der Waals surface area contributed by atoms with E-state index in [-0.39, 0.29) is 29.9 Å². The summed E-state index contributed by atoms with van der Waals surface area (Å²) in [5.41, 5.74) is 12.1. The predicted octanol–water partition coefficient (Wildman–Crippen LogP) is 1.66. The Balaban J connectivity index is 1.46. The third-order valence-corrected chi connectivity index (χ3v) is 7.56. The second-order valence-corrected chi connectivity index (χ2v) is 10.6. The van der Waals surface area contributed by atoms with Crippen LogP contribution in [0.1, 0.15) is 17.2 Å². The Morgan fingerprint density at radius 2 is 1.74 bits per heavy atom. The number of fused-ring (bicyclic) bond motifs is 1. The molecule has 182 valence electrons. The highest BCUT2D eigenvalue weighted by molar-refractivity contribution is 7.99. The number of amides is 1. The highest BCUT2D eigenvalue weighted by Gasteiger charge is 2.31.